The molecule has 1 aliphatic heterocycles. The Balaban J connectivity index is 1.96. The maximum atomic E-state index is 12.5. The first-order valence-electron chi connectivity index (χ1n) is 7.88. The van der Waals surface area contributed by atoms with Gasteiger partial charge in [-0.1, -0.05) is 24.3 Å². The molecule has 116 valence electrons. The summed E-state index contributed by atoms with van der Waals surface area (Å²) in [5.41, 5.74) is 1.95. The quantitative estimate of drug-likeness (QED) is 0.593. The van der Waals surface area contributed by atoms with Gasteiger partial charge in [0.05, 0.1) is 12.6 Å². The molecule has 0 bridgehead atoms. The van der Waals surface area contributed by atoms with Gasteiger partial charge in [0.2, 0.25) is 0 Å². The smallest absolute Gasteiger partial charge is 0.184 e. The molecule has 1 atom stereocenters. The van der Waals surface area contributed by atoms with Crippen LogP contribution in [0.2, 0.25) is 19.6 Å². The van der Waals surface area contributed by atoms with E-state index in [1.807, 2.05) is 31.2 Å². The van der Waals surface area contributed by atoms with Crippen LogP contribution in [0.15, 0.2) is 24.3 Å². The highest BCUT2D eigenvalue weighted by atomic mass is 28.4. The van der Waals surface area contributed by atoms with Crippen molar-refractivity contribution in [2.45, 2.75) is 52.1 Å². The number of hydrogen-bond donors (Lipinski definition) is 0. The Morgan fingerprint density at radius 3 is 2.29 bits per heavy atom. The van der Waals surface area contributed by atoms with Crippen molar-refractivity contribution in [3.8, 4) is 0 Å². The number of hydrogen-bond acceptors (Lipinski definition) is 3. The van der Waals surface area contributed by atoms with Crippen molar-refractivity contribution in [3.05, 3.63) is 35.4 Å². The minimum absolute atomic E-state index is 0.00316. The van der Waals surface area contributed by atoms with Gasteiger partial charge in [-0.25, -0.2) is 0 Å². The predicted molar refractivity (Wildman–Crippen MR) is 89.2 cm³/mol. The van der Waals surface area contributed by atoms with Crippen LogP contribution in [0.3, 0.4) is 0 Å². The Morgan fingerprint density at radius 2 is 1.76 bits per heavy atom. The van der Waals surface area contributed by atoms with E-state index in [0.29, 0.717) is 6.61 Å². The van der Waals surface area contributed by atoms with E-state index in [0.717, 1.165) is 24.2 Å². The molecule has 1 aromatic rings. The summed E-state index contributed by atoms with van der Waals surface area (Å²) in [6.45, 7) is 11.3. The summed E-state index contributed by atoms with van der Waals surface area (Å²) in [6.07, 6.45) is 2.43. The monoisotopic (exact) mass is 305 g/mol. The molecule has 4 heteroatoms. The Morgan fingerprint density at radius 1 is 1.19 bits per heavy atom. The largest absolute Gasteiger partial charge is 0.413 e. The molecule has 1 aliphatic rings. The number of rotatable bonds is 6. The second-order valence-electron chi connectivity index (χ2n) is 6.88. The molecule has 3 nitrogen and oxygen atoms in total. The summed E-state index contributed by atoms with van der Waals surface area (Å²) < 4.78 is 5.89. The fourth-order valence-corrected chi connectivity index (χ4v) is 3.20. The normalized spacial score (nSPS) is 17.9. The van der Waals surface area contributed by atoms with Crippen molar-refractivity contribution in [1.29, 1.82) is 0 Å². The second kappa shape index (κ2) is 6.86. The SMILES string of the molecule is CC(C(=O)c1ccc(CO[Si](C)(C)C)cc1)N1CCCC1. The third kappa shape index (κ3) is 4.76. The van der Waals surface area contributed by atoms with Crippen molar-refractivity contribution in [2.75, 3.05) is 13.1 Å². The molecule has 0 aromatic heterocycles. The number of Topliss-reactive ketones (excluding diaryl/α,β-unsaturated/α-hetero) is 1. The number of nitrogens with zero attached hydrogens (tertiary/aromatic N) is 1. The third-order valence-corrected chi connectivity index (χ3v) is 4.99. The van der Waals surface area contributed by atoms with Gasteiger partial charge in [0.25, 0.3) is 0 Å². The van der Waals surface area contributed by atoms with Crippen LogP contribution in [0.5, 0.6) is 0 Å². The Hall–Kier alpha value is -0.973. The lowest BCUT2D eigenvalue weighted by Gasteiger charge is -2.22. The number of carbonyl (C=O) groups is 1. The zero-order chi connectivity index (χ0) is 15.5. The molecule has 0 amide bonds. The fraction of sp³-hybridized carbons (Fsp3) is 0.588. The zero-order valence-electron chi connectivity index (χ0n) is 13.7. The van der Waals surface area contributed by atoms with E-state index >= 15 is 0 Å². The average Bonchev–Trinajstić information content (AvgIpc) is 2.97. The highest BCUT2D eigenvalue weighted by Crippen LogP contribution is 2.17. The van der Waals surface area contributed by atoms with Crippen molar-refractivity contribution >= 4 is 14.1 Å². The van der Waals surface area contributed by atoms with Crippen LogP contribution in [-0.4, -0.2) is 38.1 Å². The van der Waals surface area contributed by atoms with E-state index < -0.39 is 8.32 Å². The van der Waals surface area contributed by atoms with E-state index in [1.54, 1.807) is 0 Å². The molecule has 1 heterocycles. The van der Waals surface area contributed by atoms with Crippen LogP contribution in [0, 0.1) is 0 Å². The highest BCUT2D eigenvalue weighted by Gasteiger charge is 2.24. The van der Waals surface area contributed by atoms with Gasteiger partial charge in [-0.05, 0) is 58.1 Å². The maximum absolute atomic E-state index is 12.5. The Bertz CT molecular complexity index is 473. The van der Waals surface area contributed by atoms with Gasteiger partial charge >= 0.3 is 0 Å². The Labute approximate surface area is 129 Å². The Kier molecular flexibility index (Phi) is 5.36. The molecule has 1 saturated heterocycles. The fourth-order valence-electron chi connectivity index (χ4n) is 2.60. The molecule has 0 spiro atoms. The first kappa shape index (κ1) is 16.4. The van der Waals surface area contributed by atoms with E-state index in [9.17, 15) is 4.79 Å². The summed E-state index contributed by atoms with van der Waals surface area (Å²) in [6, 6.07) is 7.92. The number of ketones is 1. The molecule has 0 N–H and O–H groups in total. The lowest BCUT2D eigenvalue weighted by atomic mass is 10.0. The van der Waals surface area contributed by atoms with Gasteiger partial charge in [0.15, 0.2) is 14.1 Å². The van der Waals surface area contributed by atoms with Crippen LogP contribution in [-0.2, 0) is 11.0 Å². The third-order valence-electron chi connectivity index (χ3n) is 3.98. The summed E-state index contributed by atoms with van der Waals surface area (Å²) in [5, 5.41) is 0. The maximum Gasteiger partial charge on any atom is 0.184 e. The molecular formula is C17H27NO2Si. The molecule has 1 fully saturated rings. The van der Waals surface area contributed by atoms with E-state index in [-0.39, 0.29) is 11.8 Å². The van der Waals surface area contributed by atoms with Crippen LogP contribution < -0.4 is 0 Å². The summed E-state index contributed by atoms with van der Waals surface area (Å²) in [4.78, 5) is 14.8. The highest BCUT2D eigenvalue weighted by molar-refractivity contribution is 6.69. The predicted octanol–water partition coefficient (Wildman–Crippen LogP) is 3.71. The molecule has 0 radical (unpaired) electrons. The van der Waals surface area contributed by atoms with Crippen LogP contribution in [0.25, 0.3) is 0 Å². The van der Waals surface area contributed by atoms with Gasteiger partial charge in [-0.15, -0.1) is 0 Å². The van der Waals surface area contributed by atoms with Gasteiger partial charge in [0.1, 0.15) is 0 Å². The molecule has 2 rings (SSSR count). The minimum atomic E-state index is -1.48. The number of likely N-dealkylation sites (tertiary alicyclic amines) is 1. The van der Waals surface area contributed by atoms with Crippen molar-refractivity contribution in [2.24, 2.45) is 0 Å². The molecule has 21 heavy (non-hydrogen) atoms. The van der Waals surface area contributed by atoms with Crippen molar-refractivity contribution < 1.29 is 9.22 Å². The lowest BCUT2D eigenvalue weighted by Crippen LogP contribution is -2.36. The van der Waals surface area contributed by atoms with Crippen molar-refractivity contribution in [3.63, 3.8) is 0 Å². The first-order chi connectivity index (χ1) is 9.87. The van der Waals surface area contributed by atoms with Gasteiger partial charge in [0, 0.05) is 5.56 Å². The number of carbonyl (C=O) groups excluding carboxylic acids is 1. The topological polar surface area (TPSA) is 29.5 Å². The van der Waals surface area contributed by atoms with Crippen LogP contribution >= 0.6 is 0 Å². The van der Waals surface area contributed by atoms with E-state index in [1.165, 1.54) is 12.8 Å². The van der Waals surface area contributed by atoms with Crippen LogP contribution in [0.4, 0.5) is 0 Å². The van der Waals surface area contributed by atoms with Gasteiger partial charge in [-0.3, -0.25) is 9.69 Å². The van der Waals surface area contributed by atoms with E-state index in [2.05, 4.69) is 24.5 Å². The molecule has 1 unspecified atom stereocenters. The standard InChI is InChI=1S/C17H27NO2Si/c1-14(18-11-5-6-12-18)17(19)16-9-7-15(8-10-16)13-20-21(2,3)4/h7-10,14H,5-6,11-13H2,1-4H3. The van der Waals surface area contributed by atoms with Crippen LogP contribution in [0.1, 0.15) is 35.7 Å². The van der Waals surface area contributed by atoms with E-state index in [4.69, 9.17) is 4.43 Å². The number of benzene rings is 1. The molecule has 0 saturated carbocycles. The van der Waals surface area contributed by atoms with Gasteiger partial charge < -0.3 is 4.43 Å². The average molecular weight is 305 g/mol. The summed E-state index contributed by atoms with van der Waals surface area (Å²) >= 11 is 0. The molecule has 0 aliphatic carbocycles. The first-order valence-corrected chi connectivity index (χ1v) is 11.3. The summed E-state index contributed by atoms with van der Waals surface area (Å²) in [7, 11) is -1.48. The molecule has 1 aromatic carbocycles. The van der Waals surface area contributed by atoms with Crippen molar-refractivity contribution in [1.82, 2.24) is 4.90 Å². The summed E-state index contributed by atoms with van der Waals surface area (Å²) in [5.74, 6) is 0.231. The minimum Gasteiger partial charge on any atom is -0.413 e. The lowest BCUT2D eigenvalue weighted by molar-refractivity contribution is 0.0867. The molecular weight excluding hydrogens is 278 g/mol. The second-order valence-corrected chi connectivity index (χ2v) is 11.4. The zero-order valence-corrected chi connectivity index (χ0v) is 14.7. The van der Waals surface area contributed by atoms with Gasteiger partial charge in [-0.2, -0.15) is 0 Å².